The maximum Gasteiger partial charge on any atom is 0.242 e. The van der Waals surface area contributed by atoms with Crippen LogP contribution >= 0.6 is 0 Å². The van der Waals surface area contributed by atoms with E-state index >= 15 is 0 Å². The first-order valence-electron chi connectivity index (χ1n) is 7.27. The molecular weight excluding hydrogens is 266 g/mol. The lowest BCUT2D eigenvalue weighted by Crippen LogP contribution is -2.51. The Morgan fingerprint density at radius 1 is 1.10 bits per heavy atom. The van der Waals surface area contributed by atoms with Crippen molar-refractivity contribution in [2.45, 2.75) is 39.3 Å². The van der Waals surface area contributed by atoms with Crippen molar-refractivity contribution in [2.24, 2.45) is 11.7 Å². The maximum absolute atomic E-state index is 12.0. The molecule has 0 bridgehead atoms. The summed E-state index contributed by atoms with van der Waals surface area (Å²) in [5.41, 5.74) is 6.87. The number of carbonyl (C=O) groups excluding carboxylic acids is 2. The smallest absolute Gasteiger partial charge is 0.242 e. The largest absolute Gasteiger partial charge is 0.354 e. The van der Waals surface area contributed by atoms with Gasteiger partial charge in [-0.3, -0.25) is 9.59 Å². The summed E-state index contributed by atoms with van der Waals surface area (Å²) in [6.07, 6.45) is 0.451. The zero-order valence-corrected chi connectivity index (χ0v) is 12.9. The minimum absolute atomic E-state index is 0.191. The average molecular weight is 291 g/mol. The van der Waals surface area contributed by atoms with Gasteiger partial charge in [0.1, 0.15) is 6.04 Å². The minimum atomic E-state index is -0.659. The second-order valence-corrected chi connectivity index (χ2v) is 5.67. The van der Waals surface area contributed by atoms with Gasteiger partial charge >= 0.3 is 0 Å². The van der Waals surface area contributed by atoms with Gasteiger partial charge in [-0.25, -0.2) is 0 Å². The van der Waals surface area contributed by atoms with Crippen molar-refractivity contribution in [3.05, 3.63) is 35.9 Å². The van der Waals surface area contributed by atoms with E-state index in [1.54, 1.807) is 6.92 Å². The number of nitrogens with two attached hydrogens (primary N) is 1. The number of carbonyl (C=O) groups is 2. The van der Waals surface area contributed by atoms with E-state index < -0.39 is 12.1 Å². The predicted octanol–water partition coefficient (Wildman–Crippen LogP) is 0.833. The van der Waals surface area contributed by atoms with Crippen LogP contribution in [-0.2, 0) is 16.0 Å². The number of hydrogen-bond donors (Lipinski definition) is 3. The van der Waals surface area contributed by atoms with E-state index in [0.29, 0.717) is 18.9 Å². The van der Waals surface area contributed by atoms with Crippen molar-refractivity contribution < 1.29 is 9.59 Å². The number of benzene rings is 1. The molecule has 0 aliphatic rings. The molecule has 4 N–H and O–H groups in total. The van der Waals surface area contributed by atoms with Gasteiger partial charge in [0.25, 0.3) is 0 Å². The Bertz CT molecular complexity index is 460. The van der Waals surface area contributed by atoms with Gasteiger partial charge in [0.05, 0.1) is 6.04 Å². The molecule has 2 atom stereocenters. The number of rotatable bonds is 7. The van der Waals surface area contributed by atoms with E-state index in [2.05, 4.69) is 10.6 Å². The Labute approximate surface area is 126 Å². The normalized spacial score (nSPS) is 13.6. The first-order valence-corrected chi connectivity index (χ1v) is 7.27. The molecular formula is C16H25N3O2. The molecule has 0 heterocycles. The summed E-state index contributed by atoms with van der Waals surface area (Å²) in [4.78, 5) is 23.8. The molecule has 0 spiro atoms. The summed E-state index contributed by atoms with van der Waals surface area (Å²) in [7, 11) is 0. The molecule has 1 aromatic rings. The van der Waals surface area contributed by atoms with Crippen LogP contribution in [-0.4, -0.2) is 30.4 Å². The van der Waals surface area contributed by atoms with Gasteiger partial charge in [-0.05, 0) is 24.8 Å². The van der Waals surface area contributed by atoms with Gasteiger partial charge in [-0.2, -0.15) is 0 Å². The molecule has 0 radical (unpaired) electrons. The highest BCUT2D eigenvalue weighted by molar-refractivity contribution is 5.89. The summed E-state index contributed by atoms with van der Waals surface area (Å²) in [6.45, 7) is 6.27. The van der Waals surface area contributed by atoms with E-state index in [4.69, 9.17) is 5.73 Å². The number of hydrogen-bond acceptors (Lipinski definition) is 3. The van der Waals surface area contributed by atoms with Crippen molar-refractivity contribution in [1.29, 1.82) is 0 Å². The zero-order chi connectivity index (χ0) is 15.8. The standard InChI is InChI=1S/C16H25N3O2/c1-11(2)10-18-15(20)12(3)19-16(21)14(17)9-13-7-5-4-6-8-13/h4-8,11-12,14H,9-10,17H2,1-3H3,(H,18,20)(H,19,21)/t12?,14-/m1/s1. The summed E-state index contributed by atoms with van der Waals surface area (Å²) in [5.74, 6) is -0.132. The van der Waals surface area contributed by atoms with Gasteiger partial charge in [0.15, 0.2) is 0 Å². The highest BCUT2D eigenvalue weighted by atomic mass is 16.2. The summed E-state index contributed by atoms with van der Waals surface area (Å²) < 4.78 is 0. The molecule has 0 aromatic heterocycles. The first-order chi connectivity index (χ1) is 9.90. The van der Waals surface area contributed by atoms with Gasteiger partial charge < -0.3 is 16.4 Å². The zero-order valence-electron chi connectivity index (χ0n) is 12.9. The minimum Gasteiger partial charge on any atom is -0.354 e. The fourth-order valence-electron chi connectivity index (χ4n) is 1.80. The summed E-state index contributed by atoms with van der Waals surface area (Å²) in [6, 6.07) is 8.32. The topological polar surface area (TPSA) is 84.2 Å². The van der Waals surface area contributed by atoms with Crippen LogP contribution < -0.4 is 16.4 Å². The van der Waals surface area contributed by atoms with Crippen LogP contribution in [0.25, 0.3) is 0 Å². The number of amides is 2. The first kappa shape index (κ1) is 17.2. The van der Waals surface area contributed by atoms with Crippen molar-refractivity contribution in [3.63, 3.8) is 0 Å². The molecule has 0 saturated heterocycles. The molecule has 0 aliphatic heterocycles. The molecule has 21 heavy (non-hydrogen) atoms. The molecule has 1 rings (SSSR count). The SMILES string of the molecule is CC(C)CNC(=O)C(C)NC(=O)[C@H](N)Cc1ccccc1. The van der Waals surface area contributed by atoms with E-state index in [1.165, 1.54) is 0 Å². The Balaban J connectivity index is 2.42. The second kappa shape index (κ2) is 8.42. The predicted molar refractivity (Wildman–Crippen MR) is 83.6 cm³/mol. The second-order valence-electron chi connectivity index (χ2n) is 5.67. The van der Waals surface area contributed by atoms with Crippen LogP contribution in [0.5, 0.6) is 0 Å². The van der Waals surface area contributed by atoms with Crippen LogP contribution in [0, 0.1) is 5.92 Å². The molecule has 1 aromatic carbocycles. The van der Waals surface area contributed by atoms with Gasteiger partial charge in [0, 0.05) is 6.54 Å². The summed E-state index contributed by atoms with van der Waals surface area (Å²) in [5, 5.41) is 5.43. The van der Waals surface area contributed by atoms with Crippen molar-refractivity contribution in [2.75, 3.05) is 6.54 Å². The van der Waals surface area contributed by atoms with Crippen LogP contribution in [0.2, 0.25) is 0 Å². The molecule has 0 saturated carbocycles. The molecule has 116 valence electrons. The van der Waals surface area contributed by atoms with Crippen LogP contribution in [0.1, 0.15) is 26.3 Å². The third-order valence-electron chi connectivity index (χ3n) is 3.07. The maximum atomic E-state index is 12.0. The molecule has 1 unspecified atom stereocenters. The highest BCUT2D eigenvalue weighted by Gasteiger charge is 2.20. The monoisotopic (exact) mass is 291 g/mol. The lowest BCUT2D eigenvalue weighted by molar-refractivity contribution is -0.129. The highest BCUT2D eigenvalue weighted by Crippen LogP contribution is 2.02. The number of nitrogens with one attached hydrogen (secondary N) is 2. The fraction of sp³-hybridized carbons (Fsp3) is 0.500. The third kappa shape index (κ3) is 6.40. The van der Waals surface area contributed by atoms with E-state index in [0.717, 1.165) is 5.56 Å². The summed E-state index contributed by atoms with van der Waals surface area (Å²) >= 11 is 0. The van der Waals surface area contributed by atoms with E-state index in [-0.39, 0.29) is 11.8 Å². The van der Waals surface area contributed by atoms with Crippen molar-refractivity contribution in [1.82, 2.24) is 10.6 Å². The lowest BCUT2D eigenvalue weighted by atomic mass is 10.1. The van der Waals surface area contributed by atoms with Crippen LogP contribution in [0.3, 0.4) is 0 Å². The Kier molecular flexibility index (Phi) is 6.88. The average Bonchev–Trinajstić information content (AvgIpc) is 2.45. The molecule has 2 amide bonds. The van der Waals surface area contributed by atoms with E-state index in [1.807, 2.05) is 44.2 Å². The Morgan fingerprint density at radius 2 is 1.71 bits per heavy atom. The lowest BCUT2D eigenvalue weighted by Gasteiger charge is -2.18. The van der Waals surface area contributed by atoms with Gasteiger partial charge in [-0.1, -0.05) is 44.2 Å². The van der Waals surface area contributed by atoms with Crippen molar-refractivity contribution >= 4 is 11.8 Å². The molecule has 5 heteroatoms. The van der Waals surface area contributed by atoms with Gasteiger partial charge in [0.2, 0.25) is 11.8 Å². The third-order valence-corrected chi connectivity index (χ3v) is 3.07. The van der Waals surface area contributed by atoms with Crippen LogP contribution in [0.4, 0.5) is 0 Å². The molecule has 5 nitrogen and oxygen atoms in total. The fourth-order valence-corrected chi connectivity index (χ4v) is 1.80. The quantitative estimate of drug-likeness (QED) is 0.696. The van der Waals surface area contributed by atoms with Crippen molar-refractivity contribution in [3.8, 4) is 0 Å². The van der Waals surface area contributed by atoms with Gasteiger partial charge in [-0.15, -0.1) is 0 Å². The van der Waals surface area contributed by atoms with E-state index in [9.17, 15) is 9.59 Å². The molecule has 0 fully saturated rings. The molecule has 0 aliphatic carbocycles. The van der Waals surface area contributed by atoms with Crippen LogP contribution in [0.15, 0.2) is 30.3 Å². The Hall–Kier alpha value is -1.88. The Morgan fingerprint density at radius 3 is 2.29 bits per heavy atom.